The molecule has 1 aromatic carbocycles. The fraction of sp³-hybridized carbons (Fsp3) is 0.231. The van der Waals surface area contributed by atoms with E-state index in [1.54, 1.807) is 25.1 Å². The van der Waals surface area contributed by atoms with Gasteiger partial charge in [-0.05, 0) is 32.0 Å². The Kier molecular flexibility index (Phi) is 4.06. The lowest BCUT2D eigenvalue weighted by atomic mass is 10.2. The van der Waals surface area contributed by atoms with Crippen molar-refractivity contribution in [3.05, 3.63) is 40.7 Å². The number of hydrogen-bond acceptors (Lipinski definition) is 3. The zero-order valence-corrected chi connectivity index (χ0v) is 11.4. The molecule has 100 valence electrons. The number of rotatable bonds is 4. The largest absolute Gasteiger partial charge is 0.492 e. The summed E-state index contributed by atoms with van der Waals surface area (Å²) in [7, 11) is 0. The Morgan fingerprint density at radius 3 is 2.95 bits per heavy atom. The van der Waals surface area contributed by atoms with E-state index in [1.165, 1.54) is 6.20 Å². The molecule has 2 aromatic rings. The minimum Gasteiger partial charge on any atom is -0.492 e. The molecule has 0 spiro atoms. The molecule has 0 aliphatic heterocycles. The predicted molar refractivity (Wildman–Crippen MR) is 73.9 cm³/mol. The highest BCUT2D eigenvalue weighted by molar-refractivity contribution is 6.31. The van der Waals surface area contributed by atoms with E-state index in [0.717, 1.165) is 0 Å². The average molecular weight is 280 g/mol. The first-order valence-electron chi connectivity index (χ1n) is 5.85. The highest BCUT2D eigenvalue weighted by atomic mass is 35.5. The number of carbonyl (C=O) groups is 1. The summed E-state index contributed by atoms with van der Waals surface area (Å²) in [6.45, 7) is 4.17. The third-order valence-electron chi connectivity index (χ3n) is 2.56. The lowest BCUT2D eigenvalue weighted by molar-refractivity contribution is 0.102. The summed E-state index contributed by atoms with van der Waals surface area (Å²) in [5.41, 5.74) is 1.74. The molecule has 0 radical (unpaired) electrons. The van der Waals surface area contributed by atoms with Crippen molar-refractivity contribution >= 4 is 23.2 Å². The molecule has 0 unspecified atom stereocenters. The van der Waals surface area contributed by atoms with Crippen molar-refractivity contribution in [3.63, 3.8) is 0 Å². The van der Waals surface area contributed by atoms with Crippen LogP contribution in [0.3, 0.4) is 0 Å². The van der Waals surface area contributed by atoms with Crippen molar-refractivity contribution in [3.8, 4) is 5.75 Å². The van der Waals surface area contributed by atoms with Crippen LogP contribution in [0.5, 0.6) is 5.75 Å². The van der Waals surface area contributed by atoms with Gasteiger partial charge in [-0.15, -0.1) is 0 Å². The number of nitrogens with zero attached hydrogens (tertiary/aromatic N) is 1. The first-order chi connectivity index (χ1) is 9.11. The van der Waals surface area contributed by atoms with E-state index < -0.39 is 0 Å². The molecule has 0 fully saturated rings. The second-order valence-corrected chi connectivity index (χ2v) is 4.37. The van der Waals surface area contributed by atoms with Crippen LogP contribution in [0, 0.1) is 6.92 Å². The van der Waals surface area contributed by atoms with Crippen LogP contribution < -0.4 is 10.1 Å². The molecule has 1 aromatic heterocycles. The zero-order valence-electron chi connectivity index (χ0n) is 10.7. The van der Waals surface area contributed by atoms with Crippen molar-refractivity contribution in [2.45, 2.75) is 13.8 Å². The summed E-state index contributed by atoms with van der Waals surface area (Å²) in [6, 6.07) is 5.09. The molecule has 0 saturated carbocycles. The second kappa shape index (κ2) is 5.75. The molecular formula is C13H14ClN3O2. The summed E-state index contributed by atoms with van der Waals surface area (Å²) in [5, 5.41) is 9.84. The van der Waals surface area contributed by atoms with Gasteiger partial charge in [0, 0.05) is 10.7 Å². The van der Waals surface area contributed by atoms with Crippen LogP contribution in [0.1, 0.15) is 23.0 Å². The van der Waals surface area contributed by atoms with Crippen LogP contribution in [0.15, 0.2) is 24.4 Å². The quantitative estimate of drug-likeness (QED) is 0.904. The Labute approximate surface area is 115 Å². The molecule has 0 aliphatic rings. The lowest BCUT2D eigenvalue weighted by Gasteiger charge is -2.11. The van der Waals surface area contributed by atoms with E-state index in [4.69, 9.17) is 16.3 Å². The van der Waals surface area contributed by atoms with Gasteiger partial charge < -0.3 is 10.1 Å². The fourth-order valence-electron chi connectivity index (χ4n) is 1.65. The molecule has 0 atom stereocenters. The van der Waals surface area contributed by atoms with Crippen molar-refractivity contribution < 1.29 is 9.53 Å². The maximum atomic E-state index is 12.1. The van der Waals surface area contributed by atoms with E-state index in [2.05, 4.69) is 15.5 Å². The van der Waals surface area contributed by atoms with E-state index in [0.29, 0.717) is 34.3 Å². The number of halogens is 1. The number of H-pyrrole nitrogens is 1. The monoisotopic (exact) mass is 279 g/mol. The summed E-state index contributed by atoms with van der Waals surface area (Å²) >= 11 is 5.93. The number of hydrogen-bond donors (Lipinski definition) is 2. The molecule has 2 N–H and O–H groups in total. The van der Waals surface area contributed by atoms with Crippen LogP contribution in [0.2, 0.25) is 5.02 Å². The molecule has 0 aliphatic carbocycles. The number of ether oxygens (including phenoxy) is 1. The first kappa shape index (κ1) is 13.4. The van der Waals surface area contributed by atoms with Crippen LogP contribution in [0.25, 0.3) is 0 Å². The maximum Gasteiger partial charge on any atom is 0.259 e. The molecule has 0 saturated heterocycles. The number of aryl methyl sites for hydroxylation is 1. The van der Waals surface area contributed by atoms with Crippen LogP contribution in [-0.4, -0.2) is 22.7 Å². The van der Waals surface area contributed by atoms with E-state index >= 15 is 0 Å². The summed E-state index contributed by atoms with van der Waals surface area (Å²) in [4.78, 5) is 12.1. The van der Waals surface area contributed by atoms with E-state index in [9.17, 15) is 4.79 Å². The summed E-state index contributed by atoms with van der Waals surface area (Å²) in [5.74, 6) is 0.330. The number of aromatic amines is 1. The van der Waals surface area contributed by atoms with Crippen molar-refractivity contribution in [2.24, 2.45) is 0 Å². The maximum absolute atomic E-state index is 12.1. The normalized spacial score (nSPS) is 10.3. The second-order valence-electron chi connectivity index (χ2n) is 3.94. The van der Waals surface area contributed by atoms with Crippen molar-refractivity contribution in [1.29, 1.82) is 0 Å². The van der Waals surface area contributed by atoms with Crippen LogP contribution in [-0.2, 0) is 0 Å². The molecule has 2 rings (SSSR count). The Morgan fingerprint density at radius 2 is 2.32 bits per heavy atom. The van der Waals surface area contributed by atoms with Gasteiger partial charge in [-0.3, -0.25) is 9.89 Å². The van der Waals surface area contributed by atoms with Gasteiger partial charge >= 0.3 is 0 Å². The van der Waals surface area contributed by atoms with Gasteiger partial charge in [0.2, 0.25) is 0 Å². The van der Waals surface area contributed by atoms with Gasteiger partial charge in [0.05, 0.1) is 24.1 Å². The molecule has 19 heavy (non-hydrogen) atoms. The number of anilines is 1. The Hall–Kier alpha value is -2.01. The Balaban J connectivity index is 2.25. The molecular weight excluding hydrogens is 266 g/mol. The summed E-state index contributed by atoms with van der Waals surface area (Å²) < 4.78 is 5.44. The van der Waals surface area contributed by atoms with Crippen LogP contribution in [0.4, 0.5) is 5.69 Å². The topological polar surface area (TPSA) is 67.0 Å². The van der Waals surface area contributed by atoms with Gasteiger partial charge in [-0.25, -0.2) is 0 Å². The van der Waals surface area contributed by atoms with Gasteiger partial charge in [0.1, 0.15) is 5.75 Å². The third kappa shape index (κ3) is 3.06. The van der Waals surface area contributed by atoms with Crippen LogP contribution >= 0.6 is 11.6 Å². The average Bonchev–Trinajstić information content (AvgIpc) is 2.79. The predicted octanol–water partition coefficient (Wildman–Crippen LogP) is 3.02. The van der Waals surface area contributed by atoms with E-state index in [-0.39, 0.29) is 5.91 Å². The van der Waals surface area contributed by atoms with Crippen molar-refractivity contribution in [2.75, 3.05) is 11.9 Å². The standard InChI is InChI=1S/C13H14ClN3O2/c1-3-19-12-5-4-9(14)6-11(12)16-13(18)10-7-15-17-8(10)2/h4-7H,3H2,1-2H3,(H,15,17)(H,16,18). The molecule has 1 heterocycles. The van der Waals surface area contributed by atoms with Gasteiger partial charge in [-0.2, -0.15) is 5.10 Å². The highest BCUT2D eigenvalue weighted by Gasteiger charge is 2.13. The van der Waals surface area contributed by atoms with Gasteiger partial charge in [-0.1, -0.05) is 11.6 Å². The third-order valence-corrected chi connectivity index (χ3v) is 2.80. The minimum atomic E-state index is -0.255. The Morgan fingerprint density at radius 1 is 1.53 bits per heavy atom. The Bertz CT molecular complexity index is 595. The minimum absolute atomic E-state index is 0.255. The van der Waals surface area contributed by atoms with Gasteiger partial charge in [0.25, 0.3) is 5.91 Å². The lowest BCUT2D eigenvalue weighted by Crippen LogP contribution is -2.13. The number of amides is 1. The number of benzene rings is 1. The zero-order chi connectivity index (χ0) is 13.8. The number of nitrogens with one attached hydrogen (secondary N) is 2. The SMILES string of the molecule is CCOc1ccc(Cl)cc1NC(=O)c1cn[nH]c1C. The van der Waals surface area contributed by atoms with Gasteiger partial charge in [0.15, 0.2) is 0 Å². The number of carbonyl (C=O) groups excluding carboxylic acids is 1. The smallest absolute Gasteiger partial charge is 0.259 e. The van der Waals surface area contributed by atoms with E-state index in [1.807, 2.05) is 6.92 Å². The number of aromatic nitrogens is 2. The molecule has 6 heteroatoms. The molecule has 5 nitrogen and oxygen atoms in total. The van der Waals surface area contributed by atoms with Crippen molar-refractivity contribution in [1.82, 2.24) is 10.2 Å². The fourth-order valence-corrected chi connectivity index (χ4v) is 1.82. The highest BCUT2D eigenvalue weighted by Crippen LogP contribution is 2.28. The first-order valence-corrected chi connectivity index (χ1v) is 6.23. The summed E-state index contributed by atoms with van der Waals surface area (Å²) in [6.07, 6.45) is 1.48. The molecule has 0 bridgehead atoms. The molecule has 1 amide bonds.